The van der Waals surface area contributed by atoms with Crippen molar-refractivity contribution in [2.24, 2.45) is 0 Å². The van der Waals surface area contributed by atoms with E-state index in [1.807, 2.05) is 25.1 Å². The summed E-state index contributed by atoms with van der Waals surface area (Å²) in [5.41, 5.74) is 1.05. The number of benzene rings is 1. The summed E-state index contributed by atoms with van der Waals surface area (Å²) in [6.45, 7) is 2.86. The fourth-order valence-corrected chi connectivity index (χ4v) is 1.96. The zero-order valence-corrected chi connectivity index (χ0v) is 10.4. The van der Waals surface area contributed by atoms with Crippen LogP contribution in [0, 0.1) is 6.92 Å². The van der Waals surface area contributed by atoms with Gasteiger partial charge in [-0.2, -0.15) is 0 Å². The quantitative estimate of drug-likeness (QED) is 0.927. The Hall–Kier alpha value is -1.23. The summed E-state index contributed by atoms with van der Waals surface area (Å²) >= 11 is 3.39. The van der Waals surface area contributed by atoms with Crippen molar-refractivity contribution in [3.05, 3.63) is 28.2 Å². The van der Waals surface area contributed by atoms with E-state index < -0.39 is 0 Å². The number of nitrogens with one attached hydrogen (secondary N) is 1. The molecule has 2 rings (SSSR count). The lowest BCUT2D eigenvalue weighted by atomic mass is 10.2. The van der Waals surface area contributed by atoms with Gasteiger partial charge in [-0.1, -0.05) is 15.9 Å². The molecule has 0 radical (unpaired) electrons. The van der Waals surface area contributed by atoms with Gasteiger partial charge in [0.05, 0.1) is 6.54 Å². The number of hydrogen-bond donors (Lipinski definition) is 1. The molecule has 1 aliphatic heterocycles. The molecular formula is C11H12BrNO3. The molecule has 1 amide bonds. The summed E-state index contributed by atoms with van der Waals surface area (Å²) in [6.07, 6.45) is -0.573. The maximum Gasteiger partial charge on any atom is 0.407 e. The number of ether oxygens (including phenoxy) is 2. The van der Waals surface area contributed by atoms with E-state index in [1.165, 1.54) is 0 Å². The molecule has 1 aromatic rings. The number of alkyl carbamates (subject to hydrolysis) is 1. The van der Waals surface area contributed by atoms with Crippen LogP contribution in [0.5, 0.6) is 5.75 Å². The molecule has 1 heterocycles. The molecule has 1 atom stereocenters. The van der Waals surface area contributed by atoms with Gasteiger partial charge in [-0.3, -0.25) is 0 Å². The Labute approximate surface area is 102 Å². The van der Waals surface area contributed by atoms with Crippen LogP contribution in [0.4, 0.5) is 4.79 Å². The highest BCUT2D eigenvalue weighted by Gasteiger charge is 2.22. The van der Waals surface area contributed by atoms with Crippen LogP contribution in [0.15, 0.2) is 22.7 Å². The SMILES string of the molecule is Cc1cc(Br)ccc1OCC1CNC(=O)O1. The maximum atomic E-state index is 10.8. The monoisotopic (exact) mass is 285 g/mol. The Morgan fingerprint density at radius 3 is 3.06 bits per heavy atom. The first-order valence-electron chi connectivity index (χ1n) is 4.98. The highest BCUT2D eigenvalue weighted by Crippen LogP contribution is 2.22. The van der Waals surface area contributed by atoms with Crippen molar-refractivity contribution in [2.45, 2.75) is 13.0 Å². The molecule has 4 nitrogen and oxygen atoms in total. The van der Waals surface area contributed by atoms with E-state index >= 15 is 0 Å². The zero-order chi connectivity index (χ0) is 11.5. The fourth-order valence-electron chi connectivity index (χ4n) is 1.48. The Kier molecular flexibility index (Phi) is 3.33. The van der Waals surface area contributed by atoms with E-state index in [9.17, 15) is 4.79 Å². The minimum absolute atomic E-state index is 0.199. The summed E-state index contributed by atoms with van der Waals surface area (Å²) < 4.78 is 11.6. The average Bonchev–Trinajstić information content (AvgIpc) is 2.63. The number of hydrogen-bond acceptors (Lipinski definition) is 3. The molecule has 0 aromatic heterocycles. The highest BCUT2D eigenvalue weighted by atomic mass is 79.9. The normalized spacial score (nSPS) is 19.1. The van der Waals surface area contributed by atoms with Gasteiger partial charge >= 0.3 is 6.09 Å². The molecule has 86 valence electrons. The summed E-state index contributed by atoms with van der Waals surface area (Å²) in [5, 5.41) is 2.58. The standard InChI is InChI=1S/C11H12BrNO3/c1-7-4-8(12)2-3-10(7)15-6-9-5-13-11(14)16-9/h2-4,9H,5-6H2,1H3,(H,13,14). The van der Waals surface area contributed by atoms with Gasteiger partial charge in [0.1, 0.15) is 12.4 Å². The van der Waals surface area contributed by atoms with Gasteiger partial charge in [0, 0.05) is 4.47 Å². The first-order valence-corrected chi connectivity index (χ1v) is 5.78. The van der Waals surface area contributed by atoms with Gasteiger partial charge in [-0.15, -0.1) is 0 Å². The number of halogens is 1. The number of amides is 1. The van der Waals surface area contributed by atoms with Crippen molar-refractivity contribution in [2.75, 3.05) is 13.2 Å². The third-order valence-electron chi connectivity index (χ3n) is 2.31. The van der Waals surface area contributed by atoms with E-state index in [0.717, 1.165) is 15.8 Å². The number of cyclic esters (lactones) is 1. The van der Waals surface area contributed by atoms with E-state index in [1.54, 1.807) is 0 Å². The van der Waals surface area contributed by atoms with Gasteiger partial charge < -0.3 is 14.8 Å². The van der Waals surface area contributed by atoms with E-state index in [2.05, 4.69) is 21.2 Å². The van der Waals surface area contributed by atoms with Crippen LogP contribution in [0.2, 0.25) is 0 Å². The molecule has 0 saturated carbocycles. The summed E-state index contributed by atoms with van der Waals surface area (Å²) in [4.78, 5) is 10.8. The molecule has 0 bridgehead atoms. The Bertz CT molecular complexity index is 408. The Morgan fingerprint density at radius 1 is 1.62 bits per heavy atom. The van der Waals surface area contributed by atoms with Gasteiger partial charge in [-0.25, -0.2) is 4.79 Å². The Balaban J connectivity index is 1.92. The summed E-state index contributed by atoms with van der Waals surface area (Å²) in [7, 11) is 0. The summed E-state index contributed by atoms with van der Waals surface area (Å²) in [5.74, 6) is 0.811. The van der Waals surface area contributed by atoms with Crippen molar-refractivity contribution < 1.29 is 14.3 Å². The number of aryl methyl sites for hydroxylation is 1. The van der Waals surface area contributed by atoms with E-state index in [4.69, 9.17) is 9.47 Å². The first kappa shape index (κ1) is 11.3. The average molecular weight is 286 g/mol. The van der Waals surface area contributed by atoms with E-state index in [0.29, 0.717) is 13.2 Å². The molecule has 16 heavy (non-hydrogen) atoms. The molecule has 1 fully saturated rings. The predicted octanol–water partition coefficient (Wildman–Crippen LogP) is 2.24. The van der Waals surface area contributed by atoms with Crippen molar-refractivity contribution in [1.29, 1.82) is 0 Å². The number of carbonyl (C=O) groups excluding carboxylic acids is 1. The smallest absolute Gasteiger partial charge is 0.407 e. The molecule has 1 aliphatic rings. The first-order chi connectivity index (χ1) is 7.65. The Morgan fingerprint density at radius 2 is 2.44 bits per heavy atom. The third-order valence-corrected chi connectivity index (χ3v) is 2.80. The van der Waals surface area contributed by atoms with Crippen molar-refractivity contribution in [3.8, 4) is 5.75 Å². The topological polar surface area (TPSA) is 47.6 Å². The van der Waals surface area contributed by atoms with Crippen LogP contribution < -0.4 is 10.1 Å². The lowest BCUT2D eigenvalue weighted by Gasteiger charge is -2.12. The van der Waals surface area contributed by atoms with Gasteiger partial charge in [0.25, 0.3) is 0 Å². The van der Waals surface area contributed by atoms with E-state index in [-0.39, 0.29) is 12.2 Å². The molecular weight excluding hydrogens is 274 g/mol. The largest absolute Gasteiger partial charge is 0.489 e. The number of rotatable bonds is 3. The van der Waals surface area contributed by atoms with Gasteiger partial charge in [0.2, 0.25) is 0 Å². The minimum Gasteiger partial charge on any atom is -0.489 e. The van der Waals surface area contributed by atoms with Gasteiger partial charge in [-0.05, 0) is 30.7 Å². The minimum atomic E-state index is -0.374. The van der Waals surface area contributed by atoms with Crippen LogP contribution >= 0.6 is 15.9 Å². The fraction of sp³-hybridized carbons (Fsp3) is 0.364. The predicted molar refractivity (Wildman–Crippen MR) is 62.6 cm³/mol. The second kappa shape index (κ2) is 4.74. The number of carbonyl (C=O) groups is 1. The second-order valence-corrected chi connectivity index (χ2v) is 4.54. The highest BCUT2D eigenvalue weighted by molar-refractivity contribution is 9.10. The zero-order valence-electron chi connectivity index (χ0n) is 8.83. The van der Waals surface area contributed by atoms with Crippen LogP contribution in [0.1, 0.15) is 5.56 Å². The van der Waals surface area contributed by atoms with Crippen LogP contribution in [0.25, 0.3) is 0 Å². The van der Waals surface area contributed by atoms with Crippen molar-refractivity contribution >= 4 is 22.0 Å². The second-order valence-electron chi connectivity index (χ2n) is 3.63. The summed E-state index contributed by atoms with van der Waals surface area (Å²) in [6, 6.07) is 5.79. The third kappa shape index (κ3) is 2.66. The lowest BCUT2D eigenvalue weighted by Crippen LogP contribution is -2.22. The maximum absolute atomic E-state index is 10.8. The molecule has 1 N–H and O–H groups in total. The van der Waals surface area contributed by atoms with Crippen LogP contribution in [-0.2, 0) is 4.74 Å². The molecule has 1 unspecified atom stereocenters. The van der Waals surface area contributed by atoms with Crippen LogP contribution in [0.3, 0.4) is 0 Å². The molecule has 1 aromatic carbocycles. The molecule has 0 spiro atoms. The van der Waals surface area contributed by atoms with Gasteiger partial charge in [0.15, 0.2) is 6.10 Å². The van der Waals surface area contributed by atoms with Crippen LogP contribution in [-0.4, -0.2) is 25.3 Å². The molecule has 5 heteroatoms. The molecule has 1 saturated heterocycles. The molecule has 0 aliphatic carbocycles. The van der Waals surface area contributed by atoms with Crippen molar-refractivity contribution in [1.82, 2.24) is 5.32 Å². The lowest BCUT2D eigenvalue weighted by molar-refractivity contribution is 0.104. The van der Waals surface area contributed by atoms with Crippen molar-refractivity contribution in [3.63, 3.8) is 0 Å².